The molecule has 3 N–H and O–H groups in total. The van der Waals surface area contributed by atoms with Crippen LogP contribution in [0.1, 0.15) is 24.4 Å². The van der Waals surface area contributed by atoms with E-state index in [1.54, 1.807) is 29.2 Å². The Kier molecular flexibility index (Phi) is 7.03. The number of hydrogen-bond acceptors (Lipinski definition) is 3. The second-order valence-electron chi connectivity index (χ2n) is 6.10. The predicted molar refractivity (Wildman–Crippen MR) is 106 cm³/mol. The van der Waals surface area contributed by atoms with E-state index < -0.39 is 6.04 Å². The zero-order valence-corrected chi connectivity index (χ0v) is 15.7. The van der Waals surface area contributed by atoms with Gasteiger partial charge < -0.3 is 16.0 Å². The smallest absolute Gasteiger partial charge is 0.249 e. The van der Waals surface area contributed by atoms with E-state index >= 15 is 0 Å². The van der Waals surface area contributed by atoms with Crippen LogP contribution in [0.3, 0.4) is 0 Å². The summed E-state index contributed by atoms with van der Waals surface area (Å²) >= 11 is 5.88. The third-order valence-electron chi connectivity index (χ3n) is 4.31. The number of carbonyl (C=O) groups excluding carboxylic acids is 2. The van der Waals surface area contributed by atoms with Crippen LogP contribution >= 0.6 is 24.0 Å². The molecule has 0 aliphatic carbocycles. The summed E-state index contributed by atoms with van der Waals surface area (Å²) in [6, 6.07) is 15.7. The minimum absolute atomic E-state index is 0. The fourth-order valence-corrected chi connectivity index (χ4v) is 3.09. The van der Waals surface area contributed by atoms with E-state index in [9.17, 15) is 9.59 Å². The Hall–Kier alpha value is -2.08. The van der Waals surface area contributed by atoms with Gasteiger partial charge in [0.15, 0.2) is 0 Å². The van der Waals surface area contributed by atoms with Crippen LogP contribution < -0.4 is 16.0 Å². The number of anilines is 1. The molecule has 0 bridgehead atoms. The fourth-order valence-electron chi connectivity index (χ4n) is 2.96. The number of halogens is 2. The van der Waals surface area contributed by atoms with Crippen LogP contribution in [0.25, 0.3) is 0 Å². The first-order valence-corrected chi connectivity index (χ1v) is 8.59. The number of nitrogens with two attached hydrogens (primary N) is 1. The molecule has 3 rings (SSSR count). The predicted octanol–water partition coefficient (Wildman–Crippen LogP) is 3.07. The molecule has 1 aliphatic rings. The van der Waals surface area contributed by atoms with E-state index in [0.29, 0.717) is 18.0 Å². The molecule has 0 saturated carbocycles. The summed E-state index contributed by atoms with van der Waals surface area (Å²) in [6.45, 7) is 0.566. The van der Waals surface area contributed by atoms with Crippen LogP contribution in [0.15, 0.2) is 54.6 Å². The van der Waals surface area contributed by atoms with Crippen LogP contribution in [0.2, 0.25) is 5.02 Å². The second kappa shape index (κ2) is 9.03. The molecule has 0 aromatic heterocycles. The molecule has 1 aliphatic heterocycles. The summed E-state index contributed by atoms with van der Waals surface area (Å²) in [6.07, 6.45) is 0.725. The first-order valence-electron chi connectivity index (χ1n) is 8.21. The Morgan fingerprint density at radius 3 is 2.50 bits per heavy atom. The monoisotopic (exact) mass is 393 g/mol. The maximum absolute atomic E-state index is 12.5. The molecule has 0 spiro atoms. The Bertz CT molecular complexity index is 753. The molecular weight excluding hydrogens is 373 g/mol. The van der Waals surface area contributed by atoms with Gasteiger partial charge in [-0.05, 0) is 36.2 Å². The zero-order valence-electron chi connectivity index (χ0n) is 14.1. The number of benzene rings is 2. The number of nitrogens with zero attached hydrogens (tertiary/aromatic N) is 1. The van der Waals surface area contributed by atoms with Crippen LogP contribution in [0, 0.1) is 0 Å². The van der Waals surface area contributed by atoms with Gasteiger partial charge in [-0.15, -0.1) is 12.4 Å². The van der Waals surface area contributed by atoms with Crippen molar-refractivity contribution < 1.29 is 9.59 Å². The molecule has 1 fully saturated rings. The molecular formula is C19H21Cl2N3O2. The largest absolute Gasteiger partial charge is 0.344 e. The van der Waals surface area contributed by atoms with Gasteiger partial charge in [-0.1, -0.05) is 41.9 Å². The van der Waals surface area contributed by atoms with Crippen LogP contribution in [0.5, 0.6) is 0 Å². The van der Waals surface area contributed by atoms with Gasteiger partial charge in [-0.3, -0.25) is 9.59 Å². The first-order chi connectivity index (χ1) is 12.0. The van der Waals surface area contributed by atoms with Gasteiger partial charge in [0.05, 0.1) is 0 Å². The van der Waals surface area contributed by atoms with Crippen molar-refractivity contribution in [2.45, 2.75) is 24.9 Å². The highest BCUT2D eigenvalue weighted by atomic mass is 35.5. The Labute approximate surface area is 163 Å². The summed E-state index contributed by atoms with van der Waals surface area (Å²) in [5, 5.41) is 3.42. The van der Waals surface area contributed by atoms with Crippen molar-refractivity contribution in [2.24, 2.45) is 5.73 Å². The third kappa shape index (κ3) is 4.75. The summed E-state index contributed by atoms with van der Waals surface area (Å²) in [5.41, 5.74) is 7.75. The molecule has 138 valence electrons. The van der Waals surface area contributed by atoms with Gasteiger partial charge in [0.2, 0.25) is 11.8 Å². The minimum atomic E-state index is -0.508. The van der Waals surface area contributed by atoms with Gasteiger partial charge in [0.25, 0.3) is 0 Å². The van der Waals surface area contributed by atoms with Crippen molar-refractivity contribution in [3.8, 4) is 0 Å². The normalized spacial score (nSPS) is 17.5. The number of rotatable bonds is 5. The molecule has 2 atom stereocenters. The lowest BCUT2D eigenvalue weighted by Gasteiger charge is -2.18. The van der Waals surface area contributed by atoms with E-state index in [4.69, 9.17) is 17.3 Å². The highest BCUT2D eigenvalue weighted by Crippen LogP contribution is 2.23. The number of carbonyl (C=O) groups is 2. The van der Waals surface area contributed by atoms with E-state index in [2.05, 4.69) is 5.32 Å². The summed E-state index contributed by atoms with van der Waals surface area (Å²) in [7, 11) is 0. The Morgan fingerprint density at radius 2 is 1.85 bits per heavy atom. The van der Waals surface area contributed by atoms with Crippen molar-refractivity contribution in [1.82, 2.24) is 5.32 Å². The molecule has 1 saturated heterocycles. The lowest BCUT2D eigenvalue weighted by Crippen LogP contribution is -2.42. The van der Waals surface area contributed by atoms with E-state index in [1.807, 2.05) is 30.3 Å². The number of nitrogens with one attached hydrogen (secondary N) is 1. The highest BCUT2D eigenvalue weighted by molar-refractivity contribution is 6.30. The zero-order chi connectivity index (χ0) is 17.8. The standard InChI is InChI=1S/C19H20ClN3O2.ClH/c20-14-6-8-15(9-7-14)23-11-10-17(19(23)25)22-18(24)12-16(21)13-4-2-1-3-5-13;/h1-9,16-17H,10-12,21H2,(H,22,24);1H. The number of amides is 2. The van der Waals surface area contributed by atoms with Gasteiger partial charge >= 0.3 is 0 Å². The van der Waals surface area contributed by atoms with Gasteiger partial charge in [0, 0.05) is 29.7 Å². The summed E-state index contributed by atoms with van der Waals surface area (Å²) < 4.78 is 0. The first kappa shape index (κ1) is 20.2. The topological polar surface area (TPSA) is 75.4 Å². The van der Waals surface area contributed by atoms with E-state index in [-0.39, 0.29) is 36.7 Å². The van der Waals surface area contributed by atoms with Crippen LogP contribution in [-0.4, -0.2) is 24.4 Å². The second-order valence-corrected chi connectivity index (χ2v) is 6.53. The summed E-state index contributed by atoms with van der Waals surface area (Å²) in [4.78, 5) is 26.4. The highest BCUT2D eigenvalue weighted by Gasteiger charge is 2.33. The van der Waals surface area contributed by atoms with Gasteiger partial charge in [-0.2, -0.15) is 0 Å². The van der Waals surface area contributed by atoms with Gasteiger partial charge in [-0.25, -0.2) is 0 Å². The van der Waals surface area contributed by atoms with E-state index in [0.717, 1.165) is 11.3 Å². The fraction of sp³-hybridized carbons (Fsp3) is 0.263. The third-order valence-corrected chi connectivity index (χ3v) is 4.56. The molecule has 2 aromatic carbocycles. The Morgan fingerprint density at radius 1 is 1.19 bits per heavy atom. The molecule has 2 unspecified atom stereocenters. The molecule has 2 amide bonds. The average Bonchev–Trinajstić information content (AvgIpc) is 2.97. The maximum atomic E-state index is 12.5. The SMILES string of the molecule is Cl.NC(CC(=O)NC1CCN(c2ccc(Cl)cc2)C1=O)c1ccccc1. The van der Waals surface area contributed by atoms with Crippen molar-refractivity contribution in [2.75, 3.05) is 11.4 Å². The molecule has 1 heterocycles. The quantitative estimate of drug-likeness (QED) is 0.819. The molecule has 7 heteroatoms. The Balaban J connectivity index is 0.00000243. The summed E-state index contributed by atoms with van der Waals surface area (Å²) in [5.74, 6) is -0.323. The average molecular weight is 394 g/mol. The van der Waals surface area contributed by atoms with Crippen molar-refractivity contribution >= 4 is 41.5 Å². The lowest BCUT2D eigenvalue weighted by atomic mass is 10.0. The lowest BCUT2D eigenvalue weighted by molar-refractivity contribution is -0.126. The molecule has 5 nitrogen and oxygen atoms in total. The van der Waals surface area contributed by atoms with Crippen molar-refractivity contribution in [3.05, 3.63) is 65.2 Å². The van der Waals surface area contributed by atoms with Crippen molar-refractivity contribution in [3.63, 3.8) is 0 Å². The molecule has 26 heavy (non-hydrogen) atoms. The van der Waals surface area contributed by atoms with Gasteiger partial charge in [0.1, 0.15) is 6.04 Å². The van der Waals surface area contributed by atoms with Crippen LogP contribution in [-0.2, 0) is 9.59 Å². The van der Waals surface area contributed by atoms with E-state index in [1.165, 1.54) is 0 Å². The van der Waals surface area contributed by atoms with Crippen molar-refractivity contribution in [1.29, 1.82) is 0 Å². The molecule has 2 aromatic rings. The van der Waals surface area contributed by atoms with Crippen LogP contribution in [0.4, 0.5) is 5.69 Å². The maximum Gasteiger partial charge on any atom is 0.249 e. The molecule has 0 radical (unpaired) electrons. The minimum Gasteiger partial charge on any atom is -0.344 e. The number of hydrogen-bond donors (Lipinski definition) is 2.